The molecule has 2 amide bonds. The number of rotatable bonds is 6. The Morgan fingerprint density at radius 2 is 1.58 bits per heavy atom. The van der Waals surface area contributed by atoms with Gasteiger partial charge in [0.25, 0.3) is 0 Å². The van der Waals surface area contributed by atoms with Gasteiger partial charge in [0.05, 0.1) is 6.54 Å². The van der Waals surface area contributed by atoms with Crippen LogP contribution in [0.1, 0.15) is 25.5 Å². The molecule has 5 nitrogen and oxygen atoms in total. The molecule has 0 saturated carbocycles. The number of benzene rings is 2. The fourth-order valence-corrected chi connectivity index (χ4v) is 2.23. The first-order valence-electron chi connectivity index (χ1n) is 7.61. The summed E-state index contributed by atoms with van der Waals surface area (Å²) >= 11 is 0. The van der Waals surface area contributed by atoms with Crippen LogP contribution in [0.15, 0.2) is 48.5 Å². The van der Waals surface area contributed by atoms with Crippen molar-refractivity contribution in [3.8, 4) is 0 Å². The lowest BCUT2D eigenvalue weighted by Gasteiger charge is -2.15. The summed E-state index contributed by atoms with van der Waals surface area (Å²) in [6.07, 6.45) is 0. The van der Waals surface area contributed by atoms with E-state index in [1.807, 2.05) is 0 Å². The first-order valence-corrected chi connectivity index (χ1v) is 7.61. The summed E-state index contributed by atoms with van der Waals surface area (Å²) in [6, 6.07) is 13.0. The normalized spacial score (nSPS) is 11.6. The van der Waals surface area contributed by atoms with Gasteiger partial charge in [0.15, 0.2) is 0 Å². The van der Waals surface area contributed by atoms with E-state index in [9.17, 15) is 14.0 Å². The van der Waals surface area contributed by atoms with E-state index < -0.39 is 0 Å². The Bertz CT molecular complexity index is 716. The molecule has 2 aromatic rings. The van der Waals surface area contributed by atoms with Crippen molar-refractivity contribution < 1.29 is 14.0 Å². The van der Waals surface area contributed by atoms with Crippen LogP contribution in [0.5, 0.6) is 0 Å². The van der Waals surface area contributed by atoms with E-state index in [4.69, 9.17) is 0 Å². The van der Waals surface area contributed by atoms with Crippen LogP contribution in [0, 0.1) is 5.82 Å². The van der Waals surface area contributed by atoms with Crippen molar-refractivity contribution in [1.29, 1.82) is 0 Å². The van der Waals surface area contributed by atoms with E-state index in [0.29, 0.717) is 16.9 Å². The van der Waals surface area contributed by atoms with Crippen LogP contribution in [0.25, 0.3) is 0 Å². The molecule has 0 spiro atoms. The number of nitrogens with one attached hydrogen (secondary N) is 3. The highest BCUT2D eigenvalue weighted by atomic mass is 19.1. The second-order valence-electron chi connectivity index (χ2n) is 5.43. The molecule has 1 atom stereocenters. The molecule has 3 N–H and O–H groups in total. The zero-order chi connectivity index (χ0) is 17.5. The number of hydrogen-bond donors (Lipinski definition) is 3. The maximum atomic E-state index is 13.7. The zero-order valence-corrected chi connectivity index (χ0v) is 13.6. The van der Waals surface area contributed by atoms with Gasteiger partial charge in [-0.25, -0.2) is 4.39 Å². The fraction of sp³-hybridized carbons (Fsp3) is 0.222. The summed E-state index contributed by atoms with van der Waals surface area (Å²) in [4.78, 5) is 22.9. The number of carbonyl (C=O) groups is 2. The second kappa shape index (κ2) is 8.21. The predicted molar refractivity (Wildman–Crippen MR) is 92.2 cm³/mol. The van der Waals surface area contributed by atoms with Crippen LogP contribution in [0.4, 0.5) is 15.8 Å². The lowest BCUT2D eigenvalue weighted by Crippen LogP contribution is -2.30. The van der Waals surface area contributed by atoms with Crippen molar-refractivity contribution >= 4 is 23.2 Å². The third kappa shape index (κ3) is 5.17. The largest absolute Gasteiger partial charge is 0.326 e. The van der Waals surface area contributed by atoms with E-state index in [1.54, 1.807) is 49.4 Å². The summed E-state index contributed by atoms with van der Waals surface area (Å²) in [5, 5.41) is 8.37. The Morgan fingerprint density at radius 3 is 2.17 bits per heavy atom. The molecule has 0 aliphatic rings. The molecular weight excluding hydrogens is 309 g/mol. The van der Waals surface area contributed by atoms with Crippen LogP contribution in [0.3, 0.4) is 0 Å². The summed E-state index contributed by atoms with van der Waals surface area (Å²) in [6.45, 7) is 3.29. The van der Waals surface area contributed by atoms with E-state index in [2.05, 4.69) is 16.0 Å². The smallest absolute Gasteiger partial charge is 0.238 e. The summed E-state index contributed by atoms with van der Waals surface area (Å²) < 4.78 is 13.7. The molecule has 0 fully saturated rings. The van der Waals surface area contributed by atoms with Gasteiger partial charge >= 0.3 is 0 Å². The highest BCUT2D eigenvalue weighted by Crippen LogP contribution is 2.16. The number of amides is 2. The Hall–Kier alpha value is -2.73. The van der Waals surface area contributed by atoms with Gasteiger partial charge in [-0.3, -0.25) is 9.59 Å². The average Bonchev–Trinajstić information content (AvgIpc) is 2.54. The monoisotopic (exact) mass is 329 g/mol. The molecule has 0 heterocycles. The number of carbonyl (C=O) groups excluding carboxylic acids is 2. The third-order valence-electron chi connectivity index (χ3n) is 3.43. The topological polar surface area (TPSA) is 70.2 Å². The Kier molecular flexibility index (Phi) is 6.03. The standard InChI is InChI=1S/C18H20FN3O2/c1-12(16-5-3-4-6-17(16)19)20-11-18(24)22-15-9-7-14(8-10-15)21-13(2)23/h3-10,12,20H,11H2,1-2H3,(H,21,23)(H,22,24). The third-order valence-corrected chi connectivity index (χ3v) is 3.43. The van der Waals surface area contributed by atoms with Crippen LogP contribution >= 0.6 is 0 Å². The van der Waals surface area contributed by atoms with Gasteiger partial charge in [-0.05, 0) is 37.3 Å². The van der Waals surface area contributed by atoms with Crippen LogP contribution in [0.2, 0.25) is 0 Å². The van der Waals surface area contributed by atoms with Crippen molar-refractivity contribution in [3.05, 3.63) is 59.9 Å². The summed E-state index contributed by atoms with van der Waals surface area (Å²) in [7, 11) is 0. The molecule has 0 bridgehead atoms. The first kappa shape index (κ1) is 17.6. The van der Waals surface area contributed by atoms with Crippen LogP contribution in [-0.4, -0.2) is 18.4 Å². The molecule has 0 aliphatic heterocycles. The van der Waals surface area contributed by atoms with Crippen molar-refractivity contribution in [1.82, 2.24) is 5.32 Å². The van der Waals surface area contributed by atoms with Crippen LogP contribution in [-0.2, 0) is 9.59 Å². The second-order valence-corrected chi connectivity index (χ2v) is 5.43. The molecule has 2 aromatic carbocycles. The van der Waals surface area contributed by atoms with Gasteiger partial charge in [0.2, 0.25) is 11.8 Å². The van der Waals surface area contributed by atoms with Gasteiger partial charge in [-0.15, -0.1) is 0 Å². The minimum Gasteiger partial charge on any atom is -0.326 e. The Morgan fingerprint density at radius 1 is 1.00 bits per heavy atom. The molecule has 0 radical (unpaired) electrons. The quantitative estimate of drug-likeness (QED) is 0.763. The molecule has 0 aliphatic carbocycles. The van der Waals surface area contributed by atoms with E-state index in [-0.39, 0.29) is 30.2 Å². The number of hydrogen-bond acceptors (Lipinski definition) is 3. The Balaban J connectivity index is 1.85. The molecule has 0 saturated heterocycles. The SMILES string of the molecule is CC(=O)Nc1ccc(NC(=O)CNC(C)c2ccccc2F)cc1. The predicted octanol–water partition coefficient (Wildman–Crippen LogP) is 3.07. The van der Waals surface area contributed by atoms with E-state index >= 15 is 0 Å². The highest BCUT2D eigenvalue weighted by molar-refractivity contribution is 5.93. The molecule has 1 unspecified atom stereocenters. The minimum absolute atomic E-state index is 0.0585. The Labute approximate surface area is 140 Å². The molecular formula is C18H20FN3O2. The summed E-state index contributed by atoms with van der Waals surface area (Å²) in [5.74, 6) is -0.685. The molecule has 6 heteroatoms. The number of anilines is 2. The van der Waals surface area contributed by atoms with Crippen LogP contribution < -0.4 is 16.0 Å². The van der Waals surface area contributed by atoms with Gasteiger partial charge in [0, 0.05) is 29.9 Å². The van der Waals surface area contributed by atoms with Crippen molar-refractivity contribution in [2.24, 2.45) is 0 Å². The fourth-order valence-electron chi connectivity index (χ4n) is 2.23. The highest BCUT2D eigenvalue weighted by Gasteiger charge is 2.11. The average molecular weight is 329 g/mol. The lowest BCUT2D eigenvalue weighted by atomic mass is 10.1. The maximum absolute atomic E-state index is 13.7. The van der Waals surface area contributed by atoms with Gasteiger partial charge in [0.1, 0.15) is 5.82 Å². The van der Waals surface area contributed by atoms with E-state index in [0.717, 1.165) is 0 Å². The van der Waals surface area contributed by atoms with Gasteiger partial charge < -0.3 is 16.0 Å². The zero-order valence-electron chi connectivity index (χ0n) is 13.6. The lowest BCUT2D eigenvalue weighted by molar-refractivity contribution is -0.115. The first-order chi connectivity index (χ1) is 11.5. The van der Waals surface area contributed by atoms with Crippen molar-refractivity contribution in [2.45, 2.75) is 19.9 Å². The van der Waals surface area contributed by atoms with Gasteiger partial charge in [-0.1, -0.05) is 18.2 Å². The maximum Gasteiger partial charge on any atom is 0.238 e. The summed E-state index contributed by atoms with van der Waals surface area (Å²) in [5.41, 5.74) is 1.80. The minimum atomic E-state index is -0.300. The number of halogens is 1. The molecule has 126 valence electrons. The van der Waals surface area contributed by atoms with Gasteiger partial charge in [-0.2, -0.15) is 0 Å². The molecule has 24 heavy (non-hydrogen) atoms. The molecule has 2 rings (SSSR count). The van der Waals surface area contributed by atoms with Crippen molar-refractivity contribution in [3.63, 3.8) is 0 Å². The molecule has 0 aromatic heterocycles. The van der Waals surface area contributed by atoms with E-state index in [1.165, 1.54) is 13.0 Å². The van der Waals surface area contributed by atoms with Crippen molar-refractivity contribution in [2.75, 3.05) is 17.2 Å².